The number of ether oxygens (including phenoxy) is 2. The molecule has 1 aromatic heterocycles. The summed E-state index contributed by atoms with van der Waals surface area (Å²) >= 11 is 0. The topological polar surface area (TPSA) is 111 Å². The summed E-state index contributed by atoms with van der Waals surface area (Å²) in [6, 6.07) is 14.8. The summed E-state index contributed by atoms with van der Waals surface area (Å²) < 4.78 is 11.1. The maximum absolute atomic E-state index is 12.0. The van der Waals surface area contributed by atoms with Gasteiger partial charge in [-0.05, 0) is 42.3 Å². The fourth-order valence-electron chi connectivity index (χ4n) is 2.85. The number of nitrogens with one attached hydrogen (secondary N) is 1. The molecule has 0 aliphatic rings. The lowest BCUT2D eigenvalue weighted by Gasteiger charge is -2.14. The number of aliphatic carboxylic acids is 1. The Labute approximate surface area is 179 Å². The third kappa shape index (κ3) is 6.02. The van der Waals surface area contributed by atoms with Crippen molar-refractivity contribution in [1.82, 2.24) is 15.3 Å². The number of methoxy groups -OCH3 is 1. The van der Waals surface area contributed by atoms with Crippen molar-refractivity contribution < 1.29 is 24.2 Å². The maximum atomic E-state index is 12.0. The van der Waals surface area contributed by atoms with Crippen LogP contribution in [-0.2, 0) is 4.79 Å². The Morgan fingerprint density at radius 3 is 2.42 bits per heavy atom. The number of amides is 1. The molecule has 3 aromatic rings. The quantitative estimate of drug-likeness (QED) is 0.544. The first-order valence-electron chi connectivity index (χ1n) is 9.69. The third-order valence-electron chi connectivity index (χ3n) is 4.58. The first kappa shape index (κ1) is 21.8. The summed E-state index contributed by atoms with van der Waals surface area (Å²) in [4.78, 5) is 31.1. The molecule has 1 amide bonds. The van der Waals surface area contributed by atoms with Crippen LogP contribution in [0.4, 0.5) is 0 Å². The lowest BCUT2D eigenvalue weighted by Crippen LogP contribution is -2.25. The molecule has 160 valence electrons. The zero-order valence-electron chi connectivity index (χ0n) is 17.2. The molecule has 1 atom stereocenters. The predicted octanol–water partition coefficient (Wildman–Crippen LogP) is 3.50. The normalized spacial score (nSPS) is 11.4. The molecule has 2 N–H and O–H groups in total. The number of aromatic nitrogens is 2. The van der Waals surface area contributed by atoms with Crippen LogP contribution < -0.4 is 14.8 Å². The van der Waals surface area contributed by atoms with Gasteiger partial charge in [-0.1, -0.05) is 24.3 Å². The average Bonchev–Trinajstić information content (AvgIpc) is 2.79. The number of benzene rings is 2. The van der Waals surface area contributed by atoms with Crippen LogP contribution in [0.5, 0.6) is 11.8 Å². The molecule has 8 heteroatoms. The van der Waals surface area contributed by atoms with Gasteiger partial charge >= 0.3 is 12.0 Å². The zero-order valence-corrected chi connectivity index (χ0v) is 17.2. The van der Waals surface area contributed by atoms with Crippen LogP contribution >= 0.6 is 0 Å². The number of hydrogen-bond acceptors (Lipinski definition) is 6. The average molecular weight is 421 g/mol. The molecule has 0 fully saturated rings. The van der Waals surface area contributed by atoms with Crippen LogP contribution in [0.2, 0.25) is 0 Å². The van der Waals surface area contributed by atoms with E-state index in [1.165, 1.54) is 0 Å². The SMILES string of the molecule is COc1cccc(-c2cnc(OC(C)c3ccc(C(=O)NCCC(=O)O)cc3)nc2)c1. The summed E-state index contributed by atoms with van der Waals surface area (Å²) in [5.41, 5.74) is 3.08. The van der Waals surface area contributed by atoms with E-state index in [-0.39, 0.29) is 31.0 Å². The Hall–Kier alpha value is -3.94. The van der Waals surface area contributed by atoms with E-state index < -0.39 is 5.97 Å². The molecule has 0 radical (unpaired) electrons. The second kappa shape index (κ2) is 10.2. The second-order valence-corrected chi connectivity index (χ2v) is 6.77. The second-order valence-electron chi connectivity index (χ2n) is 6.77. The Balaban J connectivity index is 1.60. The van der Waals surface area contributed by atoms with Crippen LogP contribution in [0.3, 0.4) is 0 Å². The van der Waals surface area contributed by atoms with Crippen molar-refractivity contribution in [2.75, 3.05) is 13.7 Å². The molecular formula is C23H23N3O5. The molecule has 0 saturated carbocycles. The number of carboxylic acids is 1. The van der Waals surface area contributed by atoms with E-state index >= 15 is 0 Å². The minimum Gasteiger partial charge on any atom is -0.497 e. The fourth-order valence-corrected chi connectivity index (χ4v) is 2.85. The van der Waals surface area contributed by atoms with Gasteiger partial charge in [0.25, 0.3) is 5.91 Å². The summed E-state index contributed by atoms with van der Waals surface area (Å²) in [6.07, 6.45) is 2.93. The smallest absolute Gasteiger partial charge is 0.316 e. The van der Waals surface area contributed by atoms with Crippen molar-refractivity contribution in [2.24, 2.45) is 0 Å². The van der Waals surface area contributed by atoms with E-state index in [1.54, 1.807) is 43.8 Å². The summed E-state index contributed by atoms with van der Waals surface area (Å²) in [5, 5.41) is 11.2. The Kier molecular flexibility index (Phi) is 7.16. The number of nitrogens with zero attached hydrogens (tertiary/aromatic N) is 2. The van der Waals surface area contributed by atoms with Crippen molar-refractivity contribution in [1.29, 1.82) is 0 Å². The van der Waals surface area contributed by atoms with Crippen LogP contribution in [0.15, 0.2) is 60.9 Å². The van der Waals surface area contributed by atoms with E-state index in [2.05, 4.69) is 15.3 Å². The van der Waals surface area contributed by atoms with Gasteiger partial charge in [-0.25, -0.2) is 9.97 Å². The van der Waals surface area contributed by atoms with E-state index in [1.807, 2.05) is 31.2 Å². The number of rotatable bonds is 9. The van der Waals surface area contributed by atoms with Crippen molar-refractivity contribution >= 4 is 11.9 Å². The highest BCUT2D eigenvalue weighted by Crippen LogP contribution is 2.24. The monoisotopic (exact) mass is 421 g/mol. The van der Waals surface area contributed by atoms with Crippen LogP contribution in [0.25, 0.3) is 11.1 Å². The van der Waals surface area contributed by atoms with Gasteiger partial charge in [-0.15, -0.1) is 0 Å². The predicted molar refractivity (Wildman–Crippen MR) is 114 cm³/mol. The number of hydrogen-bond donors (Lipinski definition) is 2. The fraction of sp³-hybridized carbons (Fsp3) is 0.217. The highest BCUT2D eigenvalue weighted by molar-refractivity contribution is 5.94. The van der Waals surface area contributed by atoms with Gasteiger partial charge in [0.15, 0.2) is 0 Å². The van der Waals surface area contributed by atoms with Crippen LogP contribution in [0.1, 0.15) is 35.4 Å². The van der Waals surface area contributed by atoms with Crippen molar-refractivity contribution in [3.8, 4) is 22.9 Å². The number of carboxylic acid groups (broad SMARTS) is 1. The van der Waals surface area contributed by atoms with Crippen LogP contribution in [0, 0.1) is 0 Å². The van der Waals surface area contributed by atoms with E-state index in [0.29, 0.717) is 5.56 Å². The number of carbonyl (C=O) groups excluding carboxylic acids is 1. The Bertz CT molecular complexity index is 1040. The molecule has 1 unspecified atom stereocenters. The van der Waals surface area contributed by atoms with Gasteiger partial charge in [0.2, 0.25) is 0 Å². The Morgan fingerprint density at radius 1 is 1.06 bits per heavy atom. The molecule has 0 saturated heterocycles. The number of carbonyl (C=O) groups is 2. The molecule has 0 spiro atoms. The van der Waals surface area contributed by atoms with Crippen molar-refractivity contribution in [3.05, 3.63) is 72.1 Å². The van der Waals surface area contributed by atoms with E-state index in [0.717, 1.165) is 22.4 Å². The molecule has 31 heavy (non-hydrogen) atoms. The summed E-state index contributed by atoms with van der Waals surface area (Å²) in [7, 11) is 1.62. The lowest BCUT2D eigenvalue weighted by atomic mass is 10.1. The zero-order chi connectivity index (χ0) is 22.2. The molecule has 0 bridgehead atoms. The highest BCUT2D eigenvalue weighted by Gasteiger charge is 2.12. The van der Waals surface area contributed by atoms with Gasteiger partial charge in [-0.3, -0.25) is 9.59 Å². The maximum Gasteiger partial charge on any atom is 0.316 e. The van der Waals surface area contributed by atoms with E-state index in [4.69, 9.17) is 14.6 Å². The lowest BCUT2D eigenvalue weighted by molar-refractivity contribution is -0.136. The largest absolute Gasteiger partial charge is 0.497 e. The molecule has 2 aromatic carbocycles. The van der Waals surface area contributed by atoms with Gasteiger partial charge in [0.1, 0.15) is 11.9 Å². The van der Waals surface area contributed by atoms with Gasteiger partial charge < -0.3 is 19.9 Å². The first-order chi connectivity index (χ1) is 15.0. The van der Waals surface area contributed by atoms with Gasteiger partial charge in [0.05, 0.1) is 13.5 Å². The van der Waals surface area contributed by atoms with Gasteiger partial charge in [-0.2, -0.15) is 0 Å². The molecule has 0 aliphatic carbocycles. The summed E-state index contributed by atoms with van der Waals surface area (Å²) in [5.74, 6) is -0.524. The molecule has 3 rings (SSSR count). The first-order valence-corrected chi connectivity index (χ1v) is 9.69. The van der Waals surface area contributed by atoms with Crippen molar-refractivity contribution in [2.45, 2.75) is 19.4 Å². The minimum atomic E-state index is -0.958. The highest BCUT2D eigenvalue weighted by atomic mass is 16.5. The standard InChI is InChI=1S/C23H23N3O5/c1-15(16-6-8-17(9-7-16)22(29)24-11-10-21(27)28)31-23-25-13-19(14-26-23)18-4-3-5-20(12-18)30-2/h3-9,12-15H,10-11H2,1-2H3,(H,24,29)(H,27,28). The summed E-state index contributed by atoms with van der Waals surface area (Å²) in [6.45, 7) is 1.94. The van der Waals surface area contributed by atoms with Gasteiger partial charge in [0, 0.05) is 30.1 Å². The molecule has 8 nitrogen and oxygen atoms in total. The molecular weight excluding hydrogens is 398 g/mol. The van der Waals surface area contributed by atoms with Crippen molar-refractivity contribution in [3.63, 3.8) is 0 Å². The Morgan fingerprint density at radius 2 is 1.77 bits per heavy atom. The molecule has 1 heterocycles. The van der Waals surface area contributed by atoms with E-state index in [9.17, 15) is 9.59 Å². The molecule has 0 aliphatic heterocycles. The minimum absolute atomic E-state index is 0.0819. The van der Waals surface area contributed by atoms with Crippen LogP contribution in [-0.4, -0.2) is 40.6 Å². The third-order valence-corrected chi connectivity index (χ3v) is 4.58.